The first kappa shape index (κ1) is 19.5. The molecule has 0 spiro atoms. The van der Waals surface area contributed by atoms with E-state index in [1.165, 1.54) is 42.5 Å². The van der Waals surface area contributed by atoms with Crippen LogP contribution in [0.15, 0.2) is 48.5 Å². The van der Waals surface area contributed by atoms with Crippen LogP contribution in [0.4, 0.5) is 15.8 Å². The normalized spacial score (nSPS) is 9.96. The zero-order chi connectivity index (χ0) is 19.8. The fraction of sp³-hybridized carbons (Fsp3) is 0.118. The van der Waals surface area contributed by atoms with Gasteiger partial charge in [-0.3, -0.25) is 24.5 Å². The number of ether oxygens (including phenoxy) is 1. The van der Waals surface area contributed by atoms with Crippen LogP contribution in [0, 0.1) is 15.9 Å². The Bertz CT molecular complexity index is 886. The molecule has 140 valence electrons. The third-order valence-corrected chi connectivity index (χ3v) is 3.25. The van der Waals surface area contributed by atoms with E-state index in [2.05, 4.69) is 15.4 Å². The van der Waals surface area contributed by atoms with Gasteiger partial charge in [0, 0.05) is 6.07 Å². The van der Waals surface area contributed by atoms with Gasteiger partial charge in [0.1, 0.15) is 18.0 Å². The van der Waals surface area contributed by atoms with E-state index >= 15 is 0 Å². The van der Waals surface area contributed by atoms with Gasteiger partial charge in [-0.1, -0.05) is 24.3 Å². The number of rotatable bonds is 7. The Hall–Kier alpha value is -3.82. The molecule has 2 rings (SSSR count). The smallest absolute Gasteiger partial charge is 0.325 e. The molecule has 10 heteroatoms. The first-order valence-corrected chi connectivity index (χ1v) is 7.60. The van der Waals surface area contributed by atoms with Crippen LogP contribution >= 0.6 is 0 Å². The van der Waals surface area contributed by atoms with E-state index in [0.717, 1.165) is 6.07 Å². The highest BCUT2D eigenvalue weighted by Gasteiger charge is 2.16. The van der Waals surface area contributed by atoms with Crippen molar-refractivity contribution < 1.29 is 28.4 Å². The molecule has 27 heavy (non-hydrogen) atoms. The summed E-state index contributed by atoms with van der Waals surface area (Å²) >= 11 is 0. The number of carbonyl (C=O) groups excluding carboxylic acids is 3. The SMILES string of the molecule is O=C(COC(=O)CNC(=O)c1ccccc1F)Nc1ccccc1[N+](=O)[O-]. The van der Waals surface area contributed by atoms with Crippen LogP contribution in [0.3, 0.4) is 0 Å². The topological polar surface area (TPSA) is 128 Å². The Morgan fingerprint density at radius 2 is 1.74 bits per heavy atom. The number of nitrogens with zero attached hydrogens (tertiary/aromatic N) is 1. The number of nitro benzene ring substituents is 1. The van der Waals surface area contributed by atoms with E-state index in [1.807, 2.05) is 0 Å². The molecule has 0 bridgehead atoms. The summed E-state index contributed by atoms with van der Waals surface area (Å²) in [7, 11) is 0. The zero-order valence-corrected chi connectivity index (χ0v) is 13.8. The van der Waals surface area contributed by atoms with Gasteiger partial charge in [0.05, 0.1) is 10.5 Å². The summed E-state index contributed by atoms with van der Waals surface area (Å²) < 4.78 is 18.1. The number of anilines is 1. The van der Waals surface area contributed by atoms with Gasteiger partial charge in [0.15, 0.2) is 6.61 Å². The van der Waals surface area contributed by atoms with Crippen molar-refractivity contribution in [2.24, 2.45) is 0 Å². The van der Waals surface area contributed by atoms with Crippen molar-refractivity contribution in [1.29, 1.82) is 0 Å². The van der Waals surface area contributed by atoms with Gasteiger partial charge in [-0.15, -0.1) is 0 Å². The molecule has 0 aromatic heterocycles. The largest absolute Gasteiger partial charge is 0.454 e. The second kappa shape index (κ2) is 9.04. The van der Waals surface area contributed by atoms with Crippen LogP contribution in [0.25, 0.3) is 0 Å². The Kier molecular flexibility index (Phi) is 6.53. The molecule has 0 aliphatic rings. The highest BCUT2D eigenvalue weighted by Crippen LogP contribution is 2.22. The Balaban J connectivity index is 1.80. The maximum absolute atomic E-state index is 13.4. The summed E-state index contributed by atoms with van der Waals surface area (Å²) in [6, 6.07) is 10.7. The monoisotopic (exact) mass is 375 g/mol. The maximum atomic E-state index is 13.4. The van der Waals surface area contributed by atoms with Gasteiger partial charge < -0.3 is 15.4 Å². The van der Waals surface area contributed by atoms with Crippen molar-refractivity contribution in [3.05, 3.63) is 70.0 Å². The molecule has 0 aliphatic carbocycles. The molecule has 2 N–H and O–H groups in total. The van der Waals surface area contributed by atoms with Crippen molar-refractivity contribution >= 4 is 29.2 Å². The summed E-state index contributed by atoms with van der Waals surface area (Å²) in [5.41, 5.74) is -0.592. The first-order chi connectivity index (χ1) is 12.9. The van der Waals surface area contributed by atoms with Crippen molar-refractivity contribution in [1.82, 2.24) is 5.32 Å². The lowest BCUT2D eigenvalue weighted by Gasteiger charge is -2.08. The molecular weight excluding hydrogens is 361 g/mol. The Morgan fingerprint density at radius 3 is 2.44 bits per heavy atom. The molecule has 0 atom stereocenters. The fourth-order valence-corrected chi connectivity index (χ4v) is 2.01. The minimum Gasteiger partial charge on any atom is -0.454 e. The second-order valence-electron chi connectivity index (χ2n) is 5.15. The van der Waals surface area contributed by atoms with Crippen molar-refractivity contribution in [2.75, 3.05) is 18.5 Å². The van der Waals surface area contributed by atoms with Crippen molar-refractivity contribution in [2.45, 2.75) is 0 Å². The van der Waals surface area contributed by atoms with E-state index < -0.39 is 41.7 Å². The van der Waals surface area contributed by atoms with Crippen LogP contribution in [-0.2, 0) is 14.3 Å². The van der Waals surface area contributed by atoms with Gasteiger partial charge in [-0.05, 0) is 18.2 Å². The Morgan fingerprint density at radius 1 is 1.07 bits per heavy atom. The summed E-state index contributed by atoms with van der Waals surface area (Å²) in [4.78, 5) is 45.3. The van der Waals surface area contributed by atoms with E-state index in [9.17, 15) is 28.9 Å². The van der Waals surface area contributed by atoms with Gasteiger partial charge in [0.25, 0.3) is 17.5 Å². The Labute approximate surface area is 152 Å². The number of amides is 2. The number of esters is 1. The number of nitro groups is 1. The van der Waals surface area contributed by atoms with Gasteiger partial charge in [-0.2, -0.15) is 0 Å². The predicted octanol–water partition coefficient (Wildman–Crippen LogP) is 1.65. The number of carbonyl (C=O) groups is 3. The third kappa shape index (κ3) is 5.59. The lowest BCUT2D eigenvalue weighted by Crippen LogP contribution is -2.32. The number of para-hydroxylation sites is 2. The minimum absolute atomic E-state index is 0.0450. The molecule has 0 unspecified atom stereocenters. The lowest BCUT2D eigenvalue weighted by molar-refractivity contribution is -0.383. The summed E-state index contributed by atoms with van der Waals surface area (Å²) in [6.45, 7) is -1.29. The summed E-state index contributed by atoms with van der Waals surface area (Å²) in [5.74, 6) is -3.28. The number of hydrogen-bond acceptors (Lipinski definition) is 6. The molecule has 2 aromatic carbocycles. The number of hydrogen-bond donors (Lipinski definition) is 2. The van der Waals surface area contributed by atoms with Gasteiger partial charge in [0.2, 0.25) is 0 Å². The number of benzene rings is 2. The van der Waals surface area contributed by atoms with Crippen LogP contribution < -0.4 is 10.6 Å². The van der Waals surface area contributed by atoms with E-state index in [4.69, 9.17) is 0 Å². The standard InChI is InChI=1S/C17H14FN3O6/c18-12-6-2-1-5-11(12)17(24)19-9-16(23)27-10-15(22)20-13-7-3-4-8-14(13)21(25)26/h1-8H,9-10H2,(H,19,24)(H,20,22). The average Bonchev–Trinajstić information content (AvgIpc) is 2.65. The average molecular weight is 375 g/mol. The molecule has 0 fully saturated rings. The van der Waals surface area contributed by atoms with Gasteiger partial charge in [-0.25, -0.2) is 4.39 Å². The first-order valence-electron chi connectivity index (χ1n) is 7.60. The van der Waals surface area contributed by atoms with E-state index in [0.29, 0.717) is 0 Å². The van der Waals surface area contributed by atoms with Crippen molar-refractivity contribution in [3.8, 4) is 0 Å². The fourth-order valence-electron chi connectivity index (χ4n) is 2.01. The van der Waals surface area contributed by atoms with E-state index in [-0.39, 0.29) is 16.9 Å². The third-order valence-electron chi connectivity index (χ3n) is 3.25. The molecule has 9 nitrogen and oxygen atoms in total. The predicted molar refractivity (Wildman–Crippen MR) is 91.4 cm³/mol. The lowest BCUT2D eigenvalue weighted by atomic mass is 10.2. The molecule has 0 heterocycles. The highest BCUT2D eigenvalue weighted by atomic mass is 19.1. The summed E-state index contributed by atoms with van der Waals surface area (Å²) in [5, 5.41) is 15.3. The summed E-state index contributed by atoms with van der Waals surface area (Å²) in [6.07, 6.45) is 0. The molecule has 0 saturated carbocycles. The number of halogens is 1. The highest BCUT2D eigenvalue weighted by molar-refractivity contribution is 5.97. The molecule has 0 radical (unpaired) electrons. The molecular formula is C17H14FN3O6. The van der Waals surface area contributed by atoms with Crippen LogP contribution in [0.2, 0.25) is 0 Å². The second-order valence-corrected chi connectivity index (χ2v) is 5.15. The maximum Gasteiger partial charge on any atom is 0.325 e. The zero-order valence-electron chi connectivity index (χ0n) is 13.8. The molecule has 2 aromatic rings. The van der Waals surface area contributed by atoms with Crippen LogP contribution in [-0.4, -0.2) is 35.9 Å². The van der Waals surface area contributed by atoms with Gasteiger partial charge >= 0.3 is 5.97 Å². The quantitative estimate of drug-likeness (QED) is 0.430. The molecule has 2 amide bonds. The minimum atomic E-state index is -0.933. The van der Waals surface area contributed by atoms with Crippen LogP contribution in [0.1, 0.15) is 10.4 Å². The molecule has 0 aliphatic heterocycles. The number of nitrogens with one attached hydrogen (secondary N) is 2. The van der Waals surface area contributed by atoms with Crippen LogP contribution in [0.5, 0.6) is 0 Å². The van der Waals surface area contributed by atoms with E-state index in [1.54, 1.807) is 0 Å². The van der Waals surface area contributed by atoms with Crippen molar-refractivity contribution in [3.63, 3.8) is 0 Å². The molecule has 0 saturated heterocycles.